The van der Waals surface area contributed by atoms with Crippen molar-refractivity contribution in [2.45, 2.75) is 30.6 Å². The van der Waals surface area contributed by atoms with Crippen molar-refractivity contribution in [2.24, 2.45) is 0 Å². The molecular formula is C27H28S2. The van der Waals surface area contributed by atoms with Gasteiger partial charge in [0, 0.05) is 9.79 Å². The van der Waals surface area contributed by atoms with Crippen molar-refractivity contribution in [3.05, 3.63) is 107 Å². The largest absolute Gasteiger partial charge is 0.130 e. The van der Waals surface area contributed by atoms with E-state index in [-0.39, 0.29) is 0 Å². The summed E-state index contributed by atoms with van der Waals surface area (Å²) < 4.78 is 0. The molecular weight excluding hydrogens is 388 g/mol. The number of allylic oxidation sites excluding steroid dienone is 2. The quantitative estimate of drug-likeness (QED) is 0.354. The van der Waals surface area contributed by atoms with E-state index in [4.69, 9.17) is 0 Å². The van der Waals surface area contributed by atoms with Gasteiger partial charge >= 0.3 is 0 Å². The van der Waals surface area contributed by atoms with Gasteiger partial charge in [0.25, 0.3) is 0 Å². The number of benzene rings is 3. The molecule has 0 aliphatic carbocycles. The van der Waals surface area contributed by atoms with Crippen LogP contribution in [0.4, 0.5) is 0 Å². The Morgan fingerprint density at radius 3 is 1.59 bits per heavy atom. The van der Waals surface area contributed by atoms with E-state index >= 15 is 0 Å². The summed E-state index contributed by atoms with van der Waals surface area (Å²) in [6.07, 6.45) is 6.53. The highest BCUT2D eigenvalue weighted by molar-refractivity contribution is 7.99. The molecule has 148 valence electrons. The fourth-order valence-electron chi connectivity index (χ4n) is 3.52. The molecule has 0 unspecified atom stereocenters. The zero-order valence-corrected chi connectivity index (χ0v) is 19.2. The van der Waals surface area contributed by atoms with Crippen LogP contribution in [0.5, 0.6) is 0 Å². The van der Waals surface area contributed by atoms with Crippen LogP contribution in [0.15, 0.2) is 94.7 Å². The predicted octanol–water partition coefficient (Wildman–Crippen LogP) is 8.42. The molecule has 0 spiro atoms. The second-order valence-corrected chi connectivity index (χ2v) is 8.89. The fourth-order valence-corrected chi connectivity index (χ4v) is 4.59. The van der Waals surface area contributed by atoms with E-state index in [9.17, 15) is 0 Å². The minimum Gasteiger partial charge on any atom is -0.130 e. The summed E-state index contributed by atoms with van der Waals surface area (Å²) in [4.78, 5) is 2.61. The Balaban J connectivity index is 1.94. The first-order valence-electron chi connectivity index (χ1n) is 10.0. The van der Waals surface area contributed by atoms with Crippen molar-refractivity contribution in [2.75, 3.05) is 12.0 Å². The first-order valence-corrected chi connectivity index (χ1v) is 12.2. The number of rotatable bonds is 7. The Labute approximate surface area is 184 Å². The van der Waals surface area contributed by atoms with E-state index in [1.54, 1.807) is 11.8 Å². The Kier molecular flexibility index (Phi) is 7.85. The molecule has 3 aromatic carbocycles. The second-order valence-electron chi connectivity index (χ2n) is 6.67. The van der Waals surface area contributed by atoms with Gasteiger partial charge in [0.05, 0.1) is 0 Å². The maximum Gasteiger partial charge on any atom is 0.00722 e. The third kappa shape index (κ3) is 5.26. The zero-order chi connectivity index (χ0) is 20.6. The minimum atomic E-state index is 1.10. The molecule has 29 heavy (non-hydrogen) atoms. The standard InChI is InChI=1S/C27H28S2/c1-5-26(20-11-15-24(28-4)16-12-20)22-9-8-10-23(19-22)27(6-2)21-13-17-25(18-14-21)29-7-3/h5-6,8-19H,7H2,1-4H3/b26-5+,27-6-. The number of hydrogen-bond donors (Lipinski definition) is 0. The van der Waals surface area contributed by atoms with E-state index in [0.717, 1.165) is 5.75 Å². The highest BCUT2D eigenvalue weighted by Gasteiger charge is 2.09. The first kappa shape index (κ1) is 21.5. The van der Waals surface area contributed by atoms with Gasteiger partial charge in [-0.1, -0.05) is 61.5 Å². The van der Waals surface area contributed by atoms with Crippen LogP contribution in [0, 0.1) is 0 Å². The van der Waals surface area contributed by atoms with Gasteiger partial charge in [-0.2, -0.15) is 0 Å². The lowest BCUT2D eigenvalue weighted by Crippen LogP contribution is -1.92. The smallest absolute Gasteiger partial charge is 0.00722 e. The van der Waals surface area contributed by atoms with E-state index in [2.05, 4.69) is 112 Å². The normalized spacial score (nSPS) is 12.3. The Morgan fingerprint density at radius 2 is 1.17 bits per heavy atom. The maximum atomic E-state index is 2.31. The minimum absolute atomic E-state index is 1.10. The van der Waals surface area contributed by atoms with Crippen molar-refractivity contribution in [1.29, 1.82) is 0 Å². The van der Waals surface area contributed by atoms with Crippen molar-refractivity contribution < 1.29 is 0 Å². The molecule has 0 saturated carbocycles. The molecule has 0 aromatic heterocycles. The molecule has 0 atom stereocenters. The molecule has 0 N–H and O–H groups in total. The lowest BCUT2D eigenvalue weighted by molar-refractivity contribution is 1.40. The molecule has 0 saturated heterocycles. The molecule has 0 bridgehead atoms. The summed E-state index contributed by atoms with van der Waals surface area (Å²) in [5, 5.41) is 0. The molecule has 0 aliphatic heterocycles. The molecule has 0 fully saturated rings. The van der Waals surface area contributed by atoms with Crippen molar-refractivity contribution >= 4 is 34.7 Å². The van der Waals surface area contributed by atoms with Gasteiger partial charge in [-0.3, -0.25) is 0 Å². The van der Waals surface area contributed by atoms with Crippen LogP contribution in [-0.4, -0.2) is 12.0 Å². The van der Waals surface area contributed by atoms with Crippen LogP contribution in [0.2, 0.25) is 0 Å². The van der Waals surface area contributed by atoms with Crippen molar-refractivity contribution in [1.82, 2.24) is 0 Å². The van der Waals surface area contributed by atoms with E-state index < -0.39 is 0 Å². The number of hydrogen-bond acceptors (Lipinski definition) is 2. The summed E-state index contributed by atoms with van der Waals surface area (Å²) in [5.74, 6) is 1.10. The van der Waals surface area contributed by atoms with Gasteiger partial charge in [0.15, 0.2) is 0 Å². The summed E-state index contributed by atoms with van der Waals surface area (Å²) in [7, 11) is 0. The maximum absolute atomic E-state index is 2.31. The Hall–Kier alpha value is -2.16. The Bertz CT molecular complexity index is 993. The third-order valence-electron chi connectivity index (χ3n) is 4.94. The summed E-state index contributed by atoms with van der Waals surface area (Å²) in [6, 6.07) is 26.6. The fraction of sp³-hybridized carbons (Fsp3) is 0.185. The number of thioether (sulfide) groups is 2. The molecule has 3 rings (SSSR count). The average molecular weight is 417 g/mol. The topological polar surface area (TPSA) is 0 Å². The van der Waals surface area contributed by atoms with E-state index in [1.165, 1.54) is 43.2 Å². The van der Waals surface area contributed by atoms with Crippen LogP contribution < -0.4 is 0 Å². The van der Waals surface area contributed by atoms with Gasteiger partial charge in [-0.15, -0.1) is 23.5 Å². The van der Waals surface area contributed by atoms with E-state index in [0.29, 0.717) is 0 Å². The lowest BCUT2D eigenvalue weighted by atomic mass is 9.92. The summed E-state index contributed by atoms with van der Waals surface area (Å²) in [5.41, 5.74) is 7.56. The predicted molar refractivity (Wildman–Crippen MR) is 133 cm³/mol. The highest BCUT2D eigenvalue weighted by atomic mass is 32.2. The monoisotopic (exact) mass is 416 g/mol. The van der Waals surface area contributed by atoms with Crippen LogP contribution >= 0.6 is 23.5 Å². The Morgan fingerprint density at radius 1 is 0.690 bits per heavy atom. The first-order chi connectivity index (χ1) is 14.2. The van der Waals surface area contributed by atoms with Gasteiger partial charge in [0.2, 0.25) is 0 Å². The van der Waals surface area contributed by atoms with Crippen LogP contribution in [-0.2, 0) is 0 Å². The molecule has 0 radical (unpaired) electrons. The lowest BCUT2D eigenvalue weighted by Gasteiger charge is -2.13. The second kappa shape index (κ2) is 10.6. The summed E-state index contributed by atoms with van der Waals surface area (Å²) in [6.45, 7) is 6.43. The van der Waals surface area contributed by atoms with E-state index in [1.807, 2.05) is 11.8 Å². The van der Waals surface area contributed by atoms with Crippen LogP contribution in [0.1, 0.15) is 43.0 Å². The zero-order valence-electron chi connectivity index (χ0n) is 17.6. The van der Waals surface area contributed by atoms with Gasteiger partial charge in [-0.05, 0) is 89.6 Å². The SMILES string of the molecule is C/C=C(/c1ccc(SCC)cc1)c1cccc(/C(=C/C)c2ccc(SC)cc2)c1. The van der Waals surface area contributed by atoms with Gasteiger partial charge < -0.3 is 0 Å². The van der Waals surface area contributed by atoms with Crippen molar-refractivity contribution in [3.63, 3.8) is 0 Å². The van der Waals surface area contributed by atoms with Gasteiger partial charge in [-0.25, -0.2) is 0 Å². The average Bonchev–Trinajstić information content (AvgIpc) is 2.77. The molecule has 0 nitrogen and oxygen atoms in total. The molecule has 0 heterocycles. The highest BCUT2D eigenvalue weighted by Crippen LogP contribution is 2.31. The molecule has 2 heteroatoms. The van der Waals surface area contributed by atoms with Gasteiger partial charge in [0.1, 0.15) is 0 Å². The third-order valence-corrected chi connectivity index (χ3v) is 6.58. The molecule has 3 aromatic rings. The molecule has 0 amide bonds. The van der Waals surface area contributed by atoms with Crippen LogP contribution in [0.3, 0.4) is 0 Å². The summed E-state index contributed by atoms with van der Waals surface area (Å²) >= 11 is 3.66. The molecule has 0 aliphatic rings. The van der Waals surface area contributed by atoms with Crippen LogP contribution in [0.25, 0.3) is 11.1 Å². The van der Waals surface area contributed by atoms with Crippen molar-refractivity contribution in [3.8, 4) is 0 Å².